The summed E-state index contributed by atoms with van der Waals surface area (Å²) in [6, 6.07) is 0. The molecule has 0 aliphatic carbocycles. The van der Waals surface area contributed by atoms with Crippen LogP contribution < -0.4 is 5.32 Å². The Bertz CT molecular complexity index is 301. The van der Waals surface area contributed by atoms with E-state index in [0.29, 0.717) is 0 Å². The molecule has 0 aromatic carbocycles. The Morgan fingerprint density at radius 3 is 2.43 bits per heavy atom. The number of aromatic nitrogens is 3. The van der Waals surface area contributed by atoms with E-state index in [-0.39, 0.29) is 5.54 Å². The van der Waals surface area contributed by atoms with Crippen LogP contribution in [0.25, 0.3) is 0 Å². The molecule has 1 aromatic heterocycles. The minimum atomic E-state index is 0.167. The SMILES string of the molecule is CCC(C)(C)NCc1nnc(C)n1C. The molecule has 0 atom stereocenters. The maximum absolute atomic E-state index is 4.10. The van der Waals surface area contributed by atoms with Gasteiger partial charge in [-0.05, 0) is 27.2 Å². The molecule has 0 aliphatic heterocycles. The van der Waals surface area contributed by atoms with Gasteiger partial charge in [-0.15, -0.1) is 10.2 Å². The van der Waals surface area contributed by atoms with Crippen molar-refractivity contribution in [2.45, 2.75) is 46.2 Å². The predicted molar refractivity (Wildman–Crippen MR) is 56.9 cm³/mol. The highest BCUT2D eigenvalue weighted by Gasteiger charge is 2.15. The van der Waals surface area contributed by atoms with Crippen LogP contribution in [0.4, 0.5) is 0 Å². The van der Waals surface area contributed by atoms with Crippen molar-refractivity contribution in [3.63, 3.8) is 0 Å². The molecule has 0 unspecified atom stereocenters. The molecule has 0 saturated carbocycles. The lowest BCUT2D eigenvalue weighted by Gasteiger charge is -2.24. The van der Waals surface area contributed by atoms with Gasteiger partial charge in [0.1, 0.15) is 11.6 Å². The number of rotatable bonds is 4. The lowest BCUT2D eigenvalue weighted by molar-refractivity contribution is 0.367. The number of nitrogens with one attached hydrogen (secondary N) is 1. The van der Waals surface area contributed by atoms with Crippen molar-refractivity contribution in [1.82, 2.24) is 20.1 Å². The van der Waals surface area contributed by atoms with Gasteiger partial charge in [-0.2, -0.15) is 0 Å². The molecule has 0 amide bonds. The van der Waals surface area contributed by atoms with E-state index in [1.807, 2.05) is 18.5 Å². The first-order chi connectivity index (χ1) is 6.46. The lowest BCUT2D eigenvalue weighted by Crippen LogP contribution is -2.38. The summed E-state index contributed by atoms with van der Waals surface area (Å²) in [6.07, 6.45) is 1.10. The predicted octanol–water partition coefficient (Wildman–Crippen LogP) is 1.40. The molecule has 1 N–H and O–H groups in total. The molecular weight excluding hydrogens is 176 g/mol. The molecule has 0 radical (unpaired) electrons. The summed E-state index contributed by atoms with van der Waals surface area (Å²) < 4.78 is 2.01. The van der Waals surface area contributed by atoms with Gasteiger partial charge in [0.15, 0.2) is 0 Å². The summed E-state index contributed by atoms with van der Waals surface area (Å²) in [5, 5.41) is 11.6. The zero-order chi connectivity index (χ0) is 10.8. The van der Waals surface area contributed by atoms with Gasteiger partial charge in [-0.3, -0.25) is 0 Å². The van der Waals surface area contributed by atoms with E-state index in [9.17, 15) is 0 Å². The molecule has 1 heterocycles. The summed E-state index contributed by atoms with van der Waals surface area (Å²) >= 11 is 0. The summed E-state index contributed by atoms with van der Waals surface area (Å²) in [6.45, 7) is 9.29. The largest absolute Gasteiger partial charge is 0.317 e. The third kappa shape index (κ3) is 2.54. The van der Waals surface area contributed by atoms with E-state index >= 15 is 0 Å². The van der Waals surface area contributed by atoms with Gasteiger partial charge in [-0.1, -0.05) is 6.92 Å². The molecule has 0 fully saturated rings. The molecule has 4 heteroatoms. The molecule has 0 bridgehead atoms. The second-order valence-corrected chi connectivity index (χ2v) is 4.31. The van der Waals surface area contributed by atoms with Gasteiger partial charge >= 0.3 is 0 Å². The van der Waals surface area contributed by atoms with Crippen LogP contribution in [0, 0.1) is 6.92 Å². The zero-order valence-electron chi connectivity index (χ0n) is 9.76. The van der Waals surface area contributed by atoms with E-state index < -0.39 is 0 Å². The van der Waals surface area contributed by atoms with Crippen molar-refractivity contribution in [1.29, 1.82) is 0 Å². The average Bonchev–Trinajstić information content (AvgIpc) is 2.45. The second-order valence-electron chi connectivity index (χ2n) is 4.31. The van der Waals surface area contributed by atoms with Crippen molar-refractivity contribution in [2.24, 2.45) is 7.05 Å². The van der Waals surface area contributed by atoms with Gasteiger partial charge in [0.2, 0.25) is 0 Å². The lowest BCUT2D eigenvalue weighted by atomic mass is 10.0. The van der Waals surface area contributed by atoms with Crippen molar-refractivity contribution < 1.29 is 0 Å². The van der Waals surface area contributed by atoms with Gasteiger partial charge in [0, 0.05) is 12.6 Å². The fraction of sp³-hybridized carbons (Fsp3) is 0.800. The monoisotopic (exact) mass is 196 g/mol. The minimum absolute atomic E-state index is 0.167. The Morgan fingerprint density at radius 2 is 2.00 bits per heavy atom. The molecule has 1 aromatic rings. The maximum Gasteiger partial charge on any atom is 0.146 e. The molecule has 0 saturated heterocycles. The summed E-state index contributed by atoms with van der Waals surface area (Å²) in [5.74, 6) is 1.94. The van der Waals surface area contributed by atoms with E-state index in [1.165, 1.54) is 0 Å². The first-order valence-corrected chi connectivity index (χ1v) is 5.06. The standard InChI is InChI=1S/C10H20N4/c1-6-10(3,4)11-7-9-13-12-8(2)14(9)5/h11H,6-7H2,1-5H3. The summed E-state index contributed by atoms with van der Waals surface area (Å²) in [4.78, 5) is 0. The van der Waals surface area contributed by atoms with E-state index in [2.05, 4.69) is 36.3 Å². The Hall–Kier alpha value is -0.900. The summed E-state index contributed by atoms with van der Waals surface area (Å²) in [7, 11) is 1.99. The van der Waals surface area contributed by atoms with E-state index in [0.717, 1.165) is 24.6 Å². The molecule has 80 valence electrons. The quantitative estimate of drug-likeness (QED) is 0.791. The third-order valence-electron chi connectivity index (χ3n) is 2.79. The van der Waals surface area contributed by atoms with Crippen LogP contribution in [-0.2, 0) is 13.6 Å². The molecule has 4 nitrogen and oxygen atoms in total. The number of nitrogens with zero attached hydrogens (tertiary/aromatic N) is 3. The van der Waals surface area contributed by atoms with Crippen LogP contribution in [0.1, 0.15) is 38.8 Å². The van der Waals surface area contributed by atoms with Crippen molar-refractivity contribution in [3.05, 3.63) is 11.6 Å². The Kier molecular flexibility index (Phi) is 3.26. The summed E-state index contributed by atoms with van der Waals surface area (Å²) in [5.41, 5.74) is 0.167. The van der Waals surface area contributed by atoms with Gasteiger partial charge < -0.3 is 9.88 Å². The number of hydrogen-bond acceptors (Lipinski definition) is 3. The van der Waals surface area contributed by atoms with Gasteiger partial charge in [0.25, 0.3) is 0 Å². The van der Waals surface area contributed by atoms with Crippen molar-refractivity contribution in [3.8, 4) is 0 Å². The molecule has 1 rings (SSSR count). The fourth-order valence-corrected chi connectivity index (χ4v) is 1.05. The third-order valence-corrected chi connectivity index (χ3v) is 2.79. The Labute approximate surface area is 85.7 Å². The van der Waals surface area contributed by atoms with Gasteiger partial charge in [0.05, 0.1) is 6.54 Å². The van der Waals surface area contributed by atoms with Crippen LogP contribution in [0.15, 0.2) is 0 Å². The second kappa shape index (κ2) is 4.09. The topological polar surface area (TPSA) is 42.7 Å². The zero-order valence-corrected chi connectivity index (χ0v) is 9.76. The number of hydrogen-bond donors (Lipinski definition) is 1. The highest BCUT2D eigenvalue weighted by molar-refractivity contribution is 4.93. The molecule has 0 aliphatic rings. The molecule has 14 heavy (non-hydrogen) atoms. The molecule has 0 spiro atoms. The fourth-order valence-electron chi connectivity index (χ4n) is 1.05. The van der Waals surface area contributed by atoms with Crippen LogP contribution in [0.2, 0.25) is 0 Å². The molecular formula is C10H20N4. The maximum atomic E-state index is 4.10. The van der Waals surface area contributed by atoms with Crippen LogP contribution in [-0.4, -0.2) is 20.3 Å². The van der Waals surface area contributed by atoms with E-state index in [4.69, 9.17) is 0 Å². The minimum Gasteiger partial charge on any atom is -0.317 e. The average molecular weight is 196 g/mol. The first-order valence-electron chi connectivity index (χ1n) is 5.06. The normalized spacial score (nSPS) is 12.1. The van der Waals surface area contributed by atoms with Crippen LogP contribution in [0.3, 0.4) is 0 Å². The van der Waals surface area contributed by atoms with Gasteiger partial charge in [-0.25, -0.2) is 0 Å². The Balaban J connectivity index is 2.58. The highest BCUT2D eigenvalue weighted by atomic mass is 15.3. The highest BCUT2D eigenvalue weighted by Crippen LogP contribution is 2.08. The van der Waals surface area contributed by atoms with E-state index in [1.54, 1.807) is 0 Å². The van der Waals surface area contributed by atoms with Crippen molar-refractivity contribution >= 4 is 0 Å². The smallest absolute Gasteiger partial charge is 0.146 e. The first kappa shape index (κ1) is 11.2. The van der Waals surface area contributed by atoms with Crippen molar-refractivity contribution in [2.75, 3.05) is 0 Å². The van der Waals surface area contributed by atoms with Crippen LogP contribution in [0.5, 0.6) is 0 Å². The Morgan fingerprint density at radius 1 is 1.36 bits per heavy atom. The van der Waals surface area contributed by atoms with Crippen LogP contribution >= 0.6 is 0 Å². The number of aryl methyl sites for hydroxylation is 1.